The highest BCUT2D eigenvalue weighted by atomic mass is 16.2. The van der Waals surface area contributed by atoms with Gasteiger partial charge in [-0.05, 0) is 32.3 Å². The van der Waals surface area contributed by atoms with Gasteiger partial charge in [-0.15, -0.1) is 0 Å². The Morgan fingerprint density at radius 2 is 2.17 bits per heavy atom. The molecular formula is C15H23N5O3. The molecule has 1 fully saturated rings. The van der Waals surface area contributed by atoms with Gasteiger partial charge in [0, 0.05) is 25.2 Å². The minimum atomic E-state index is -0.611. The number of nitrogens with zero attached hydrogens (tertiary/aromatic N) is 2. The normalized spacial score (nSPS) is 18.5. The van der Waals surface area contributed by atoms with Gasteiger partial charge in [-0.2, -0.15) is 5.10 Å². The molecule has 1 aromatic heterocycles. The molecule has 2 heterocycles. The molecule has 0 aliphatic carbocycles. The Balaban J connectivity index is 1.68. The number of aromatic nitrogens is 2. The summed E-state index contributed by atoms with van der Waals surface area (Å²) in [5, 5.41) is 11.9. The summed E-state index contributed by atoms with van der Waals surface area (Å²) in [6.45, 7) is 7.28. The smallest absolute Gasteiger partial charge is 0.322 e. The van der Waals surface area contributed by atoms with Crippen molar-refractivity contribution in [1.82, 2.24) is 25.7 Å². The van der Waals surface area contributed by atoms with Crippen molar-refractivity contribution < 1.29 is 14.4 Å². The summed E-state index contributed by atoms with van der Waals surface area (Å²) >= 11 is 0. The lowest BCUT2D eigenvalue weighted by molar-refractivity contribution is -0.122. The van der Waals surface area contributed by atoms with E-state index in [-0.39, 0.29) is 24.2 Å². The Morgan fingerprint density at radius 1 is 1.43 bits per heavy atom. The van der Waals surface area contributed by atoms with E-state index in [4.69, 9.17) is 0 Å². The molecule has 0 radical (unpaired) electrons. The molecule has 1 aliphatic heterocycles. The number of carbonyl (C=O) groups excluding carboxylic acids is 3. The van der Waals surface area contributed by atoms with Crippen LogP contribution in [0.25, 0.3) is 0 Å². The van der Waals surface area contributed by atoms with E-state index in [0.717, 1.165) is 17.9 Å². The number of rotatable bonds is 7. The Morgan fingerprint density at radius 3 is 2.74 bits per heavy atom. The molecule has 3 N–H and O–H groups in total. The van der Waals surface area contributed by atoms with Gasteiger partial charge in [0.25, 0.3) is 5.91 Å². The third-order valence-corrected chi connectivity index (χ3v) is 3.75. The van der Waals surface area contributed by atoms with Crippen LogP contribution in [0, 0.1) is 19.8 Å². The van der Waals surface area contributed by atoms with Crippen molar-refractivity contribution in [3.05, 3.63) is 17.5 Å². The van der Waals surface area contributed by atoms with Crippen LogP contribution < -0.4 is 16.0 Å². The molecule has 126 valence electrons. The zero-order valence-corrected chi connectivity index (χ0v) is 13.7. The summed E-state index contributed by atoms with van der Waals surface area (Å²) in [7, 11) is 0. The van der Waals surface area contributed by atoms with Crippen LogP contribution in [-0.2, 0) is 16.1 Å². The van der Waals surface area contributed by atoms with Gasteiger partial charge in [0.2, 0.25) is 5.91 Å². The van der Waals surface area contributed by atoms with Crippen LogP contribution in [0.1, 0.15) is 31.2 Å². The van der Waals surface area contributed by atoms with E-state index in [9.17, 15) is 14.4 Å². The average Bonchev–Trinajstić information content (AvgIpc) is 2.95. The fraction of sp³-hybridized carbons (Fsp3) is 0.600. The second-order valence-corrected chi connectivity index (χ2v) is 6.07. The van der Waals surface area contributed by atoms with Crippen molar-refractivity contribution in [2.75, 3.05) is 6.54 Å². The van der Waals surface area contributed by atoms with Crippen molar-refractivity contribution in [2.24, 2.45) is 5.92 Å². The van der Waals surface area contributed by atoms with Gasteiger partial charge in [-0.1, -0.05) is 6.92 Å². The van der Waals surface area contributed by atoms with Gasteiger partial charge in [-0.3, -0.25) is 19.6 Å². The number of nitrogens with one attached hydrogen (secondary N) is 3. The molecule has 4 amide bonds. The molecule has 0 aromatic carbocycles. The van der Waals surface area contributed by atoms with Crippen LogP contribution in [0.2, 0.25) is 0 Å². The topological polar surface area (TPSA) is 105 Å². The van der Waals surface area contributed by atoms with Gasteiger partial charge < -0.3 is 10.6 Å². The van der Waals surface area contributed by atoms with Crippen LogP contribution in [-0.4, -0.2) is 40.2 Å². The predicted octanol–water partition coefficient (Wildman–Crippen LogP) is 0.240. The first-order chi connectivity index (χ1) is 10.8. The molecule has 0 bridgehead atoms. The van der Waals surface area contributed by atoms with Crippen LogP contribution in [0.3, 0.4) is 0 Å². The van der Waals surface area contributed by atoms with Gasteiger partial charge >= 0.3 is 6.03 Å². The van der Waals surface area contributed by atoms with Crippen LogP contribution >= 0.6 is 0 Å². The predicted molar refractivity (Wildman–Crippen MR) is 83.6 cm³/mol. The van der Waals surface area contributed by atoms with Crippen LogP contribution in [0.4, 0.5) is 4.79 Å². The van der Waals surface area contributed by atoms with Gasteiger partial charge in [0.05, 0.1) is 5.69 Å². The van der Waals surface area contributed by atoms with E-state index in [0.29, 0.717) is 13.0 Å². The first-order valence-corrected chi connectivity index (χ1v) is 7.74. The van der Waals surface area contributed by atoms with E-state index in [1.165, 1.54) is 0 Å². The first-order valence-electron chi connectivity index (χ1n) is 7.74. The summed E-state index contributed by atoms with van der Waals surface area (Å²) in [5.74, 6) is -0.258. The zero-order valence-electron chi connectivity index (χ0n) is 13.7. The highest BCUT2D eigenvalue weighted by molar-refractivity contribution is 6.04. The van der Waals surface area contributed by atoms with E-state index in [1.54, 1.807) is 0 Å². The molecule has 0 spiro atoms. The third kappa shape index (κ3) is 4.80. The minimum absolute atomic E-state index is 0.126. The Bertz CT molecular complexity index is 610. The maximum atomic E-state index is 11.8. The lowest BCUT2D eigenvalue weighted by Gasteiger charge is -2.14. The summed E-state index contributed by atoms with van der Waals surface area (Å²) in [6, 6.07) is 0.908. The Hall–Kier alpha value is -2.38. The number of amides is 4. The van der Waals surface area contributed by atoms with Crippen molar-refractivity contribution >= 4 is 17.8 Å². The zero-order chi connectivity index (χ0) is 17.0. The van der Waals surface area contributed by atoms with Crippen molar-refractivity contribution in [1.29, 1.82) is 0 Å². The summed E-state index contributed by atoms with van der Waals surface area (Å²) in [4.78, 5) is 34.2. The number of hydrogen-bond donors (Lipinski definition) is 3. The van der Waals surface area contributed by atoms with Crippen molar-refractivity contribution in [2.45, 2.75) is 46.2 Å². The average molecular weight is 321 g/mol. The molecule has 2 atom stereocenters. The minimum Gasteiger partial charge on any atom is -0.356 e. The van der Waals surface area contributed by atoms with Crippen LogP contribution in [0.15, 0.2) is 6.07 Å². The van der Waals surface area contributed by atoms with E-state index < -0.39 is 12.1 Å². The summed E-state index contributed by atoms with van der Waals surface area (Å²) in [5.41, 5.74) is 2.08. The number of hydrogen-bond acceptors (Lipinski definition) is 4. The van der Waals surface area contributed by atoms with Crippen molar-refractivity contribution in [3.63, 3.8) is 0 Å². The Labute approximate surface area is 135 Å². The molecule has 0 unspecified atom stereocenters. The lowest BCUT2D eigenvalue weighted by Crippen LogP contribution is -2.34. The van der Waals surface area contributed by atoms with Crippen molar-refractivity contribution in [3.8, 4) is 0 Å². The third-order valence-electron chi connectivity index (χ3n) is 3.75. The number of urea groups is 1. The molecule has 8 heteroatoms. The number of carbonyl (C=O) groups is 3. The lowest BCUT2D eigenvalue weighted by atomic mass is 10.1. The second kappa shape index (κ2) is 7.26. The van der Waals surface area contributed by atoms with E-state index >= 15 is 0 Å². The highest BCUT2D eigenvalue weighted by Crippen LogP contribution is 2.06. The molecule has 1 aromatic rings. The number of imide groups is 1. The summed E-state index contributed by atoms with van der Waals surface area (Å²) in [6.07, 6.45) is 0.500. The SMILES string of the molecule is Cc1cc(C)n(C[C@@H](C)CNC(=O)CC[C@H]2NC(=O)NC2=O)n1. The molecule has 8 nitrogen and oxygen atoms in total. The Kier molecular flexibility index (Phi) is 5.36. The van der Waals surface area contributed by atoms with E-state index in [1.807, 2.05) is 31.5 Å². The highest BCUT2D eigenvalue weighted by Gasteiger charge is 2.29. The second-order valence-electron chi connectivity index (χ2n) is 6.07. The summed E-state index contributed by atoms with van der Waals surface area (Å²) < 4.78 is 1.94. The largest absolute Gasteiger partial charge is 0.356 e. The fourth-order valence-corrected chi connectivity index (χ4v) is 2.53. The fourth-order valence-electron chi connectivity index (χ4n) is 2.53. The molecule has 1 aliphatic rings. The maximum absolute atomic E-state index is 11.8. The molecule has 0 saturated carbocycles. The van der Waals surface area contributed by atoms with E-state index in [2.05, 4.69) is 21.0 Å². The molecule has 1 saturated heterocycles. The maximum Gasteiger partial charge on any atom is 0.322 e. The van der Waals surface area contributed by atoms with Gasteiger partial charge in [-0.25, -0.2) is 4.79 Å². The van der Waals surface area contributed by atoms with Gasteiger partial charge in [0.15, 0.2) is 0 Å². The van der Waals surface area contributed by atoms with Gasteiger partial charge in [0.1, 0.15) is 6.04 Å². The first kappa shape index (κ1) is 17.0. The monoisotopic (exact) mass is 321 g/mol. The quantitative estimate of drug-likeness (QED) is 0.626. The van der Waals surface area contributed by atoms with Crippen LogP contribution in [0.5, 0.6) is 0 Å². The molecule has 23 heavy (non-hydrogen) atoms. The molecule has 2 rings (SSSR count). The standard InChI is InChI=1S/C15H23N5O3/c1-9(8-20-11(3)6-10(2)19-20)7-16-13(21)5-4-12-14(22)18-15(23)17-12/h6,9,12H,4-5,7-8H2,1-3H3,(H,16,21)(H2,17,18,22,23)/t9-,12+/m0/s1. The number of aryl methyl sites for hydroxylation is 2. The molecular weight excluding hydrogens is 298 g/mol.